The molecule has 3 heterocycles. The fraction of sp³-hybridized carbons (Fsp3) is 0.400. The molecule has 0 bridgehead atoms. The quantitative estimate of drug-likeness (QED) is 0.192. The summed E-state index contributed by atoms with van der Waals surface area (Å²) in [6.45, 7) is 8.07. The van der Waals surface area contributed by atoms with Gasteiger partial charge in [-0.2, -0.15) is 0 Å². The Labute approximate surface area is 264 Å². The van der Waals surface area contributed by atoms with Crippen molar-refractivity contribution in [2.75, 3.05) is 13.7 Å². The summed E-state index contributed by atoms with van der Waals surface area (Å²) in [6, 6.07) is 24.5. The van der Waals surface area contributed by atoms with Gasteiger partial charge in [-0.3, -0.25) is 14.6 Å². The number of fused-ring (bicyclic) bond motifs is 1. The van der Waals surface area contributed by atoms with E-state index in [0.717, 1.165) is 41.9 Å². The Morgan fingerprint density at radius 1 is 1.00 bits per heavy atom. The predicted octanol–water partition coefficient (Wildman–Crippen LogP) is 4.87. The summed E-state index contributed by atoms with van der Waals surface area (Å²) in [5.74, 6) is 1.24. The predicted molar refractivity (Wildman–Crippen MR) is 179 cm³/mol. The topological polar surface area (TPSA) is 107 Å². The van der Waals surface area contributed by atoms with E-state index in [1.165, 1.54) is 10.8 Å². The highest BCUT2D eigenvalue weighted by molar-refractivity contribution is 6.91. The molecule has 0 aliphatic carbocycles. The molecule has 1 aliphatic rings. The monoisotopic (exact) mass is 625 g/mol. The van der Waals surface area contributed by atoms with Crippen molar-refractivity contribution in [3.05, 3.63) is 101 Å². The van der Waals surface area contributed by atoms with E-state index in [1.807, 2.05) is 47.3 Å². The molecule has 3 aromatic carbocycles. The van der Waals surface area contributed by atoms with E-state index >= 15 is 0 Å². The van der Waals surface area contributed by atoms with Crippen LogP contribution in [-0.4, -0.2) is 63.9 Å². The van der Waals surface area contributed by atoms with Gasteiger partial charge in [-0.15, -0.1) is 5.10 Å². The largest absolute Gasteiger partial charge is 0.497 e. The van der Waals surface area contributed by atoms with Gasteiger partial charge in [-0.05, 0) is 72.7 Å². The van der Waals surface area contributed by atoms with Crippen LogP contribution in [0.5, 0.6) is 5.75 Å². The van der Waals surface area contributed by atoms with Crippen LogP contribution in [0.4, 0.5) is 0 Å². The molecule has 1 fully saturated rings. The van der Waals surface area contributed by atoms with Crippen molar-refractivity contribution in [3.8, 4) is 11.4 Å². The number of aromatic amines is 1. The number of hydrogen-bond donors (Lipinski definition) is 2. The third-order valence-corrected chi connectivity index (χ3v) is 14.0. The zero-order valence-corrected chi connectivity index (χ0v) is 27.5. The number of benzene rings is 3. The number of hydrogen-bond acceptors (Lipinski definition) is 6. The Morgan fingerprint density at radius 2 is 1.80 bits per heavy atom. The second kappa shape index (κ2) is 13.2. The molecule has 236 valence electrons. The van der Waals surface area contributed by atoms with E-state index < -0.39 is 8.07 Å². The molecular formula is C35H43N5O4Si. The lowest BCUT2D eigenvalue weighted by Crippen LogP contribution is -2.50. The van der Waals surface area contributed by atoms with Crippen molar-refractivity contribution in [2.24, 2.45) is 5.92 Å². The van der Waals surface area contributed by atoms with Gasteiger partial charge in [0, 0.05) is 25.8 Å². The number of nitrogens with one attached hydrogen (secondary N) is 1. The van der Waals surface area contributed by atoms with Crippen LogP contribution >= 0.6 is 0 Å². The molecular weight excluding hydrogens is 583 g/mol. The third-order valence-electron chi connectivity index (χ3n) is 9.65. The van der Waals surface area contributed by atoms with Gasteiger partial charge in [0.1, 0.15) is 5.75 Å². The van der Waals surface area contributed by atoms with E-state index in [9.17, 15) is 9.90 Å². The van der Waals surface area contributed by atoms with Crippen molar-refractivity contribution in [3.63, 3.8) is 0 Å². The summed E-state index contributed by atoms with van der Waals surface area (Å²) < 4.78 is 15.9. The molecule has 4 atom stereocenters. The first-order valence-corrected chi connectivity index (χ1v) is 18.9. The number of nitrogens with zero attached hydrogens (tertiary/aromatic N) is 4. The number of aromatic nitrogens is 5. The van der Waals surface area contributed by atoms with Crippen LogP contribution in [0.2, 0.25) is 18.6 Å². The second-order valence-electron chi connectivity index (χ2n) is 12.8. The highest BCUT2D eigenvalue weighted by atomic mass is 28.3. The molecule has 0 unspecified atom stereocenters. The molecule has 1 aliphatic heterocycles. The van der Waals surface area contributed by atoms with Gasteiger partial charge in [0.25, 0.3) is 5.56 Å². The summed E-state index contributed by atoms with van der Waals surface area (Å²) in [5.41, 5.74) is 4.02. The molecule has 1 saturated heterocycles. The van der Waals surface area contributed by atoms with E-state index in [-0.39, 0.29) is 24.4 Å². The van der Waals surface area contributed by atoms with Crippen LogP contribution in [-0.2, 0) is 24.1 Å². The summed E-state index contributed by atoms with van der Waals surface area (Å²) in [7, 11) is -0.277. The Hall–Kier alpha value is -3.99. The van der Waals surface area contributed by atoms with E-state index in [2.05, 4.69) is 71.8 Å². The Morgan fingerprint density at radius 3 is 2.56 bits per heavy atom. The van der Waals surface area contributed by atoms with E-state index in [4.69, 9.17) is 9.47 Å². The summed E-state index contributed by atoms with van der Waals surface area (Å²) >= 11 is 0. The summed E-state index contributed by atoms with van der Waals surface area (Å²) in [5, 5.41) is 23.1. The maximum absolute atomic E-state index is 13.1. The maximum Gasteiger partial charge on any atom is 0.279 e. The molecule has 9 nitrogen and oxygen atoms in total. The van der Waals surface area contributed by atoms with Gasteiger partial charge in [0.15, 0.2) is 0 Å². The molecule has 0 spiro atoms. The number of methoxy groups -OCH3 is 1. The molecule has 10 heteroatoms. The fourth-order valence-corrected chi connectivity index (χ4v) is 11.4. The number of aliphatic hydroxyl groups is 1. The molecule has 0 saturated carbocycles. The van der Waals surface area contributed by atoms with Crippen LogP contribution < -0.4 is 15.5 Å². The van der Waals surface area contributed by atoms with Crippen LogP contribution in [0, 0.1) is 5.92 Å². The lowest BCUT2D eigenvalue weighted by atomic mass is 9.95. The average Bonchev–Trinajstić information content (AvgIpc) is 3.74. The van der Waals surface area contributed by atoms with E-state index in [1.54, 1.807) is 11.8 Å². The molecule has 6 rings (SSSR count). The average molecular weight is 626 g/mol. The molecule has 2 N–H and O–H groups in total. The SMILES string of the molecule is COc1ccc([Si](C)(C)[C@@H]2[C@@H](C)[C@@H](CCc3cccc(-n4[nH]c5ccccc5c4=O)c3)O[C@H]2CCn2cc(CCO)nn2)cc1. The number of ether oxygens (including phenoxy) is 2. The van der Waals surface area contributed by atoms with Gasteiger partial charge in [0.2, 0.25) is 0 Å². The van der Waals surface area contributed by atoms with Crippen molar-refractivity contribution in [2.45, 2.75) is 70.0 Å². The minimum atomic E-state index is -1.98. The zero-order chi connectivity index (χ0) is 31.6. The minimum Gasteiger partial charge on any atom is -0.497 e. The zero-order valence-electron chi connectivity index (χ0n) is 26.5. The lowest BCUT2D eigenvalue weighted by Gasteiger charge is -2.36. The molecule has 0 amide bonds. The first-order chi connectivity index (χ1) is 21.8. The Bertz CT molecular complexity index is 1790. The molecule has 2 aromatic heterocycles. The van der Waals surface area contributed by atoms with Crippen molar-refractivity contribution < 1.29 is 14.6 Å². The van der Waals surface area contributed by atoms with Crippen molar-refractivity contribution >= 4 is 24.2 Å². The van der Waals surface area contributed by atoms with E-state index in [0.29, 0.717) is 29.8 Å². The normalized spacial score (nSPS) is 20.2. The number of H-pyrrole nitrogens is 1. The third kappa shape index (κ3) is 6.40. The molecule has 45 heavy (non-hydrogen) atoms. The number of aliphatic hydroxyl groups excluding tert-OH is 1. The second-order valence-corrected chi connectivity index (χ2v) is 17.5. The van der Waals surface area contributed by atoms with Crippen LogP contribution in [0.1, 0.15) is 31.0 Å². The minimum absolute atomic E-state index is 0.0391. The van der Waals surface area contributed by atoms with Gasteiger partial charge in [-0.1, -0.05) is 66.8 Å². The number of para-hydroxylation sites is 1. The Kier molecular flexibility index (Phi) is 9.07. The van der Waals surface area contributed by atoms with Crippen LogP contribution in [0.15, 0.2) is 83.8 Å². The highest BCUT2D eigenvalue weighted by Crippen LogP contribution is 2.46. The molecule has 5 aromatic rings. The van der Waals surface area contributed by atoms with Crippen molar-refractivity contribution in [1.82, 2.24) is 24.8 Å². The van der Waals surface area contributed by atoms with Gasteiger partial charge >= 0.3 is 0 Å². The standard InChI is InChI=1S/C35H43N5O4Si/c1-24-32(17-12-25-8-7-9-27(22-25)40-35(42)30-10-5-6-11-31(30)37-40)44-33(18-20-39-23-26(19-21-41)36-38-39)34(24)45(3,4)29-15-13-28(43-2)14-16-29/h5-11,13-16,22-24,32-34,37,41H,12,17-21H2,1-4H3/t24-,32+,33-,34+/m0/s1. The van der Waals surface area contributed by atoms with Crippen molar-refractivity contribution in [1.29, 1.82) is 0 Å². The molecule has 0 radical (unpaired) electrons. The van der Waals surface area contributed by atoms with Gasteiger partial charge < -0.3 is 14.6 Å². The van der Waals surface area contributed by atoms with Crippen LogP contribution in [0.3, 0.4) is 0 Å². The number of aryl methyl sites for hydroxylation is 2. The van der Waals surface area contributed by atoms with Crippen LogP contribution in [0.25, 0.3) is 16.6 Å². The smallest absolute Gasteiger partial charge is 0.279 e. The Balaban J connectivity index is 1.21. The summed E-state index contributed by atoms with van der Waals surface area (Å²) in [6.07, 6.45) is 5.25. The highest BCUT2D eigenvalue weighted by Gasteiger charge is 2.50. The fourth-order valence-electron chi connectivity index (χ4n) is 7.25. The van der Waals surface area contributed by atoms with Gasteiger partial charge in [0.05, 0.1) is 49.7 Å². The lowest BCUT2D eigenvalue weighted by molar-refractivity contribution is 0.0250. The maximum atomic E-state index is 13.1. The first-order valence-electron chi connectivity index (χ1n) is 15.9. The van der Waals surface area contributed by atoms with Gasteiger partial charge in [-0.25, -0.2) is 4.68 Å². The first kappa shape index (κ1) is 31.0. The number of rotatable bonds is 12. The summed E-state index contributed by atoms with van der Waals surface area (Å²) in [4.78, 5) is 13.1.